The van der Waals surface area contributed by atoms with Gasteiger partial charge in [0, 0.05) is 29.8 Å². The number of benzene rings is 1. The summed E-state index contributed by atoms with van der Waals surface area (Å²) in [5, 5.41) is 1.48. The van der Waals surface area contributed by atoms with E-state index in [9.17, 15) is 22.8 Å². The lowest BCUT2D eigenvalue weighted by Gasteiger charge is -2.31. The quantitative estimate of drug-likeness (QED) is 0.395. The molecule has 180 valence electrons. The highest BCUT2D eigenvalue weighted by molar-refractivity contribution is 7.03. The Morgan fingerprint density at radius 2 is 1.79 bits per heavy atom. The zero-order valence-corrected chi connectivity index (χ0v) is 20.5. The molecule has 1 amide bonds. The largest absolute Gasteiger partial charge is 0.423 e. The van der Waals surface area contributed by atoms with Crippen molar-refractivity contribution in [1.82, 2.24) is 9.27 Å². The molecule has 1 fully saturated rings. The van der Waals surface area contributed by atoms with Crippen LogP contribution in [0.25, 0.3) is 0 Å². The van der Waals surface area contributed by atoms with Gasteiger partial charge in [0.05, 0.1) is 17.3 Å². The van der Waals surface area contributed by atoms with Gasteiger partial charge in [-0.25, -0.2) is 9.17 Å². The number of alkyl halides is 3. The number of ether oxygens (including phenoxy) is 1. The third-order valence-electron chi connectivity index (χ3n) is 5.63. The van der Waals surface area contributed by atoms with Crippen molar-refractivity contribution in [2.75, 3.05) is 13.1 Å². The van der Waals surface area contributed by atoms with Crippen LogP contribution in [0.2, 0.25) is 0 Å². The molecule has 0 radical (unpaired) electrons. The molecule has 0 N–H and O–H groups in total. The van der Waals surface area contributed by atoms with E-state index in [1.165, 1.54) is 17.6 Å². The smallest absolute Gasteiger partial charge is 0.416 e. The molecule has 1 saturated heterocycles. The van der Waals surface area contributed by atoms with Crippen LogP contribution in [0.4, 0.5) is 13.2 Å². The summed E-state index contributed by atoms with van der Waals surface area (Å²) in [6.45, 7) is 11.5. The Bertz CT molecular complexity index is 1030. The second kappa shape index (κ2) is 8.74. The van der Waals surface area contributed by atoms with Crippen molar-refractivity contribution in [1.29, 1.82) is 0 Å². The summed E-state index contributed by atoms with van der Waals surface area (Å²) in [5.74, 6) is -1.26. The normalized spacial score (nSPS) is 17.4. The van der Waals surface area contributed by atoms with Crippen molar-refractivity contribution in [3.05, 3.63) is 46.0 Å². The maximum Gasteiger partial charge on any atom is 0.416 e. The molecule has 0 spiro atoms. The molecular formula is C24H29F3N2O3S. The highest BCUT2D eigenvalue weighted by Gasteiger charge is 2.42. The molecule has 1 aliphatic rings. The number of esters is 1. The molecule has 2 heterocycles. The van der Waals surface area contributed by atoms with Gasteiger partial charge in [0.1, 0.15) is 5.75 Å². The standard InChI is InChI=1S/C24H29F3N2O3S/c1-22(2,3)19-17(14-7-8-29(12-14)21(31)23(4,5)6)9-16(10-18(19)24(25,26)27)32-20(30)15-11-28-33-13-15/h9-11,13-14H,7-8,12H2,1-6H3. The van der Waals surface area contributed by atoms with E-state index in [2.05, 4.69) is 4.37 Å². The Kier molecular flexibility index (Phi) is 6.68. The molecule has 0 saturated carbocycles. The number of amides is 1. The van der Waals surface area contributed by atoms with E-state index >= 15 is 0 Å². The van der Waals surface area contributed by atoms with Crippen LogP contribution < -0.4 is 4.74 Å². The van der Waals surface area contributed by atoms with E-state index in [-0.39, 0.29) is 28.7 Å². The van der Waals surface area contributed by atoms with E-state index in [4.69, 9.17) is 4.74 Å². The fourth-order valence-electron chi connectivity index (χ4n) is 4.22. The van der Waals surface area contributed by atoms with E-state index in [0.717, 1.165) is 17.6 Å². The molecule has 9 heteroatoms. The van der Waals surface area contributed by atoms with Crippen LogP contribution in [0.1, 0.15) is 80.9 Å². The average molecular weight is 483 g/mol. The zero-order chi connectivity index (χ0) is 24.8. The first-order chi connectivity index (χ1) is 15.1. The van der Waals surface area contributed by atoms with Gasteiger partial charge in [0.15, 0.2) is 0 Å². The van der Waals surface area contributed by atoms with Gasteiger partial charge in [0.2, 0.25) is 5.91 Å². The molecule has 2 aromatic rings. The maximum absolute atomic E-state index is 14.2. The molecule has 1 atom stereocenters. The number of rotatable bonds is 3. The Morgan fingerprint density at radius 1 is 1.12 bits per heavy atom. The van der Waals surface area contributed by atoms with Crippen molar-refractivity contribution in [2.45, 2.75) is 65.5 Å². The molecule has 33 heavy (non-hydrogen) atoms. The molecule has 1 aliphatic heterocycles. The summed E-state index contributed by atoms with van der Waals surface area (Å²) in [6, 6.07) is 2.43. The lowest BCUT2D eigenvalue weighted by Crippen LogP contribution is -2.37. The van der Waals surface area contributed by atoms with Crippen LogP contribution in [0, 0.1) is 5.41 Å². The second-order valence-electron chi connectivity index (χ2n) is 10.5. The van der Waals surface area contributed by atoms with Crippen molar-refractivity contribution < 1.29 is 27.5 Å². The van der Waals surface area contributed by atoms with Crippen LogP contribution in [0.5, 0.6) is 5.75 Å². The highest BCUT2D eigenvalue weighted by Crippen LogP contribution is 2.45. The Morgan fingerprint density at radius 3 is 2.30 bits per heavy atom. The lowest BCUT2D eigenvalue weighted by atomic mass is 9.76. The SMILES string of the molecule is CC(C)(C)C(=O)N1CCC(c2cc(OC(=O)c3cnsc3)cc(C(F)(F)F)c2C(C)(C)C)C1. The number of halogens is 3. The van der Waals surface area contributed by atoms with Gasteiger partial charge >= 0.3 is 12.1 Å². The summed E-state index contributed by atoms with van der Waals surface area (Å²) in [6.07, 6.45) is -2.79. The summed E-state index contributed by atoms with van der Waals surface area (Å²) in [5.41, 5.74) is -1.40. The molecule has 5 nitrogen and oxygen atoms in total. The minimum atomic E-state index is -4.64. The highest BCUT2D eigenvalue weighted by atomic mass is 32.1. The number of carbonyl (C=O) groups excluding carboxylic acids is 2. The van der Waals surface area contributed by atoms with Crippen LogP contribution in [0.15, 0.2) is 23.7 Å². The fraction of sp³-hybridized carbons (Fsp3) is 0.542. The van der Waals surface area contributed by atoms with E-state index in [1.807, 2.05) is 20.8 Å². The van der Waals surface area contributed by atoms with Gasteiger partial charge < -0.3 is 9.64 Å². The molecule has 1 unspecified atom stereocenters. The first-order valence-electron chi connectivity index (χ1n) is 10.8. The van der Waals surface area contributed by atoms with Crippen molar-refractivity contribution in [3.8, 4) is 5.75 Å². The second-order valence-corrected chi connectivity index (χ2v) is 11.1. The van der Waals surface area contributed by atoms with Gasteiger partial charge in [-0.1, -0.05) is 41.5 Å². The Hall–Kier alpha value is -2.42. The number of carbonyl (C=O) groups is 2. The van der Waals surface area contributed by atoms with Crippen LogP contribution in [-0.4, -0.2) is 34.2 Å². The molecular weight excluding hydrogens is 453 g/mol. The number of nitrogens with zero attached hydrogens (tertiary/aromatic N) is 2. The summed E-state index contributed by atoms with van der Waals surface area (Å²) >= 11 is 1.05. The monoisotopic (exact) mass is 482 g/mol. The first kappa shape index (κ1) is 25.2. The van der Waals surface area contributed by atoms with Gasteiger partial charge in [-0.15, -0.1) is 0 Å². The predicted molar refractivity (Wildman–Crippen MR) is 121 cm³/mol. The Balaban J connectivity index is 2.08. The number of likely N-dealkylation sites (tertiary alicyclic amines) is 1. The number of aromatic nitrogens is 1. The van der Waals surface area contributed by atoms with E-state index in [0.29, 0.717) is 25.1 Å². The molecule has 0 bridgehead atoms. The van der Waals surface area contributed by atoms with Crippen molar-refractivity contribution in [2.24, 2.45) is 5.41 Å². The minimum Gasteiger partial charge on any atom is -0.423 e. The number of hydrogen-bond donors (Lipinski definition) is 0. The average Bonchev–Trinajstić information content (AvgIpc) is 3.36. The summed E-state index contributed by atoms with van der Waals surface area (Å²) < 4.78 is 51.7. The Labute approximate surface area is 196 Å². The predicted octanol–water partition coefficient (Wildman–Crippen LogP) is 6.04. The third-order valence-corrected chi connectivity index (χ3v) is 6.22. The molecule has 1 aromatic carbocycles. The van der Waals surface area contributed by atoms with Gasteiger partial charge in [-0.05, 0) is 46.6 Å². The van der Waals surface area contributed by atoms with Crippen LogP contribution in [0.3, 0.4) is 0 Å². The van der Waals surface area contributed by atoms with E-state index in [1.54, 1.807) is 25.7 Å². The third kappa shape index (κ3) is 5.57. The zero-order valence-electron chi connectivity index (χ0n) is 19.7. The lowest BCUT2D eigenvalue weighted by molar-refractivity contribution is -0.139. The minimum absolute atomic E-state index is 0.0362. The van der Waals surface area contributed by atoms with Crippen LogP contribution in [-0.2, 0) is 16.4 Å². The summed E-state index contributed by atoms with van der Waals surface area (Å²) in [4.78, 5) is 26.9. The molecule has 0 aliphatic carbocycles. The number of hydrogen-bond acceptors (Lipinski definition) is 5. The molecule has 1 aromatic heterocycles. The van der Waals surface area contributed by atoms with Crippen molar-refractivity contribution in [3.63, 3.8) is 0 Å². The molecule has 3 rings (SSSR count). The van der Waals surface area contributed by atoms with Crippen LogP contribution >= 0.6 is 11.5 Å². The fourth-order valence-corrected chi connectivity index (χ4v) is 4.73. The topological polar surface area (TPSA) is 59.5 Å². The van der Waals surface area contributed by atoms with Gasteiger partial charge in [0.25, 0.3) is 0 Å². The maximum atomic E-state index is 14.2. The van der Waals surface area contributed by atoms with Gasteiger partial charge in [-0.2, -0.15) is 13.2 Å². The van der Waals surface area contributed by atoms with E-state index < -0.39 is 28.5 Å². The van der Waals surface area contributed by atoms with Crippen molar-refractivity contribution >= 4 is 23.4 Å². The summed E-state index contributed by atoms with van der Waals surface area (Å²) in [7, 11) is 0. The van der Waals surface area contributed by atoms with Gasteiger partial charge in [-0.3, -0.25) is 4.79 Å². The first-order valence-corrected chi connectivity index (χ1v) is 11.6.